The predicted octanol–water partition coefficient (Wildman–Crippen LogP) is 1.62. The van der Waals surface area contributed by atoms with Gasteiger partial charge in [-0.05, 0) is 36.4 Å². The molecular formula is C20H20N2O7S. The fourth-order valence-electron chi connectivity index (χ4n) is 2.54. The van der Waals surface area contributed by atoms with Crippen LogP contribution in [0.2, 0.25) is 0 Å². The number of nitriles is 1. The van der Waals surface area contributed by atoms with Gasteiger partial charge in [0.25, 0.3) is 0 Å². The molecule has 10 heteroatoms. The molecule has 0 bridgehead atoms. The quantitative estimate of drug-likeness (QED) is 0.493. The van der Waals surface area contributed by atoms with Crippen LogP contribution in [-0.2, 0) is 19.6 Å². The zero-order valence-electron chi connectivity index (χ0n) is 16.0. The second-order valence-corrected chi connectivity index (χ2v) is 7.96. The van der Waals surface area contributed by atoms with Gasteiger partial charge >= 0.3 is 5.97 Å². The van der Waals surface area contributed by atoms with Crippen LogP contribution < -0.4 is 18.9 Å². The van der Waals surface area contributed by atoms with Crippen molar-refractivity contribution >= 4 is 16.0 Å². The van der Waals surface area contributed by atoms with Crippen molar-refractivity contribution in [2.75, 3.05) is 33.0 Å². The first-order valence-electron chi connectivity index (χ1n) is 9.16. The highest BCUT2D eigenvalue weighted by Gasteiger charge is 2.20. The van der Waals surface area contributed by atoms with Crippen molar-refractivity contribution in [2.45, 2.75) is 11.3 Å². The Morgan fingerprint density at radius 3 is 2.53 bits per heavy atom. The number of sulfonamides is 1. The zero-order valence-corrected chi connectivity index (χ0v) is 16.8. The van der Waals surface area contributed by atoms with E-state index < -0.39 is 22.5 Å². The largest absolute Gasteiger partial charge is 0.490 e. The molecule has 0 atom stereocenters. The van der Waals surface area contributed by atoms with Crippen molar-refractivity contribution < 1.29 is 32.2 Å². The molecule has 0 spiro atoms. The Labute approximate surface area is 174 Å². The molecule has 0 saturated carbocycles. The van der Waals surface area contributed by atoms with E-state index in [-0.39, 0.29) is 18.1 Å². The smallest absolute Gasteiger partial charge is 0.321 e. The number of carbonyl (C=O) groups is 1. The number of rotatable bonds is 8. The van der Waals surface area contributed by atoms with E-state index in [2.05, 4.69) is 4.72 Å². The first-order chi connectivity index (χ1) is 14.5. The minimum absolute atomic E-state index is 0.0382. The first-order valence-corrected chi connectivity index (χ1v) is 10.6. The third-order valence-corrected chi connectivity index (χ3v) is 5.43. The molecule has 0 radical (unpaired) electrons. The van der Waals surface area contributed by atoms with Crippen molar-refractivity contribution in [1.82, 2.24) is 4.72 Å². The van der Waals surface area contributed by atoms with Gasteiger partial charge in [0.15, 0.2) is 11.5 Å². The molecule has 1 aliphatic heterocycles. The number of carbonyl (C=O) groups excluding carboxylic acids is 1. The fraction of sp³-hybridized carbons (Fsp3) is 0.300. The molecule has 3 rings (SSSR count). The lowest BCUT2D eigenvalue weighted by molar-refractivity contribution is -0.142. The number of fused-ring (bicyclic) bond motifs is 1. The highest BCUT2D eigenvalue weighted by molar-refractivity contribution is 7.89. The number of esters is 1. The predicted molar refractivity (Wildman–Crippen MR) is 105 cm³/mol. The Morgan fingerprint density at radius 1 is 1.07 bits per heavy atom. The zero-order chi connectivity index (χ0) is 21.4. The van der Waals surface area contributed by atoms with Crippen LogP contribution in [0, 0.1) is 11.3 Å². The van der Waals surface area contributed by atoms with Gasteiger partial charge in [0.1, 0.15) is 25.5 Å². The molecule has 1 aliphatic rings. The van der Waals surface area contributed by atoms with Crippen LogP contribution in [0.1, 0.15) is 12.0 Å². The van der Waals surface area contributed by atoms with Gasteiger partial charge in [0, 0.05) is 12.5 Å². The van der Waals surface area contributed by atoms with Gasteiger partial charge in [-0.3, -0.25) is 4.79 Å². The summed E-state index contributed by atoms with van der Waals surface area (Å²) in [6, 6.07) is 12.7. The number of ether oxygens (including phenoxy) is 4. The van der Waals surface area contributed by atoms with E-state index in [1.54, 1.807) is 24.3 Å². The molecule has 0 amide bonds. The molecule has 0 saturated heterocycles. The highest BCUT2D eigenvalue weighted by Crippen LogP contribution is 2.31. The van der Waals surface area contributed by atoms with Gasteiger partial charge in [-0.2, -0.15) is 9.98 Å². The molecule has 1 N–H and O–H groups in total. The van der Waals surface area contributed by atoms with E-state index >= 15 is 0 Å². The average Bonchev–Trinajstić information content (AvgIpc) is 3.00. The van der Waals surface area contributed by atoms with Crippen molar-refractivity contribution in [2.24, 2.45) is 0 Å². The second kappa shape index (κ2) is 9.96. The molecule has 2 aromatic rings. The van der Waals surface area contributed by atoms with E-state index in [0.29, 0.717) is 42.4 Å². The molecule has 0 aliphatic carbocycles. The van der Waals surface area contributed by atoms with Gasteiger partial charge in [-0.15, -0.1) is 0 Å². The second-order valence-electron chi connectivity index (χ2n) is 6.19. The molecular weight excluding hydrogens is 412 g/mol. The van der Waals surface area contributed by atoms with Gasteiger partial charge in [-0.1, -0.05) is 0 Å². The summed E-state index contributed by atoms with van der Waals surface area (Å²) in [6.45, 7) is 0.448. The summed E-state index contributed by atoms with van der Waals surface area (Å²) in [7, 11) is -3.92. The topological polar surface area (TPSA) is 124 Å². The van der Waals surface area contributed by atoms with Crippen molar-refractivity contribution in [3.63, 3.8) is 0 Å². The highest BCUT2D eigenvalue weighted by atomic mass is 32.2. The summed E-state index contributed by atoms with van der Waals surface area (Å²) >= 11 is 0. The normalized spacial score (nSPS) is 13.0. The summed E-state index contributed by atoms with van der Waals surface area (Å²) in [5.74, 6) is 0.613. The van der Waals surface area contributed by atoms with E-state index in [4.69, 9.17) is 24.2 Å². The summed E-state index contributed by atoms with van der Waals surface area (Å²) in [5, 5.41) is 8.74. The summed E-state index contributed by atoms with van der Waals surface area (Å²) in [6.07, 6.45) is 0.704. The number of benzene rings is 2. The van der Waals surface area contributed by atoms with Crippen LogP contribution in [-0.4, -0.2) is 47.4 Å². The van der Waals surface area contributed by atoms with Crippen molar-refractivity contribution in [1.29, 1.82) is 5.26 Å². The molecule has 158 valence electrons. The van der Waals surface area contributed by atoms with E-state index in [9.17, 15) is 13.2 Å². The lowest BCUT2D eigenvalue weighted by atomic mass is 10.2. The average molecular weight is 432 g/mol. The van der Waals surface area contributed by atoms with Crippen molar-refractivity contribution in [3.05, 3.63) is 48.0 Å². The molecule has 9 nitrogen and oxygen atoms in total. The maximum absolute atomic E-state index is 12.4. The van der Waals surface area contributed by atoms with Gasteiger partial charge in [0.05, 0.1) is 29.7 Å². The van der Waals surface area contributed by atoms with Crippen LogP contribution in [0.25, 0.3) is 0 Å². The lowest BCUT2D eigenvalue weighted by Gasteiger charge is -2.11. The monoisotopic (exact) mass is 432 g/mol. The van der Waals surface area contributed by atoms with Crippen LogP contribution in [0.4, 0.5) is 0 Å². The number of nitrogens with one attached hydrogen (secondary N) is 1. The van der Waals surface area contributed by atoms with Gasteiger partial charge in [0.2, 0.25) is 10.0 Å². The van der Waals surface area contributed by atoms with Gasteiger partial charge in [-0.25, -0.2) is 8.42 Å². The van der Waals surface area contributed by atoms with Crippen LogP contribution in [0.5, 0.6) is 17.2 Å². The number of nitrogens with zero attached hydrogens (tertiary/aromatic N) is 1. The van der Waals surface area contributed by atoms with Crippen LogP contribution >= 0.6 is 0 Å². The maximum Gasteiger partial charge on any atom is 0.321 e. The molecule has 2 aromatic carbocycles. The minimum Gasteiger partial charge on any atom is -0.490 e. The van der Waals surface area contributed by atoms with Gasteiger partial charge < -0.3 is 18.9 Å². The third-order valence-electron chi connectivity index (χ3n) is 4.03. The Balaban J connectivity index is 1.44. The molecule has 1 heterocycles. The Bertz CT molecular complexity index is 1030. The summed E-state index contributed by atoms with van der Waals surface area (Å²) < 4.78 is 48.3. The minimum atomic E-state index is -3.92. The standard InChI is InChI=1S/C20H20N2O7S/c21-13-15-2-4-16(5-3-15)26-10-11-29-20(23)14-22-30(24,25)17-6-7-18-19(12-17)28-9-1-8-27-18/h2-7,12,22H,1,8-11,14H2. The maximum atomic E-state index is 12.4. The van der Waals surface area contributed by atoms with E-state index in [0.717, 1.165) is 0 Å². The Kier molecular flexibility index (Phi) is 7.11. The van der Waals surface area contributed by atoms with E-state index in [1.165, 1.54) is 18.2 Å². The fourth-order valence-corrected chi connectivity index (χ4v) is 3.52. The number of hydrogen-bond acceptors (Lipinski definition) is 8. The van der Waals surface area contributed by atoms with Crippen LogP contribution in [0.3, 0.4) is 0 Å². The summed E-state index contributed by atoms with van der Waals surface area (Å²) in [4.78, 5) is 11.8. The summed E-state index contributed by atoms with van der Waals surface area (Å²) in [5.41, 5.74) is 0.509. The molecule has 0 fully saturated rings. The Morgan fingerprint density at radius 2 is 1.80 bits per heavy atom. The molecule has 0 unspecified atom stereocenters. The lowest BCUT2D eigenvalue weighted by Crippen LogP contribution is -2.31. The molecule has 30 heavy (non-hydrogen) atoms. The number of hydrogen-bond donors (Lipinski definition) is 1. The third kappa shape index (κ3) is 5.85. The SMILES string of the molecule is N#Cc1ccc(OCCOC(=O)CNS(=O)(=O)c2ccc3c(c2)OCCCO3)cc1. The Hall–Kier alpha value is -3.29. The first kappa shape index (κ1) is 21.4. The van der Waals surface area contributed by atoms with Crippen molar-refractivity contribution in [3.8, 4) is 23.3 Å². The molecule has 0 aromatic heterocycles. The van der Waals surface area contributed by atoms with Crippen LogP contribution in [0.15, 0.2) is 47.4 Å². The van der Waals surface area contributed by atoms with E-state index in [1.807, 2.05) is 6.07 Å².